The van der Waals surface area contributed by atoms with Crippen molar-refractivity contribution in [2.75, 3.05) is 13.2 Å². The minimum absolute atomic E-state index is 0.285. The Morgan fingerprint density at radius 3 is 2.67 bits per heavy atom. The van der Waals surface area contributed by atoms with Crippen molar-refractivity contribution in [3.63, 3.8) is 0 Å². The van der Waals surface area contributed by atoms with Crippen LogP contribution in [0.5, 0.6) is 0 Å². The van der Waals surface area contributed by atoms with Crippen LogP contribution in [0.2, 0.25) is 0 Å². The number of hydrogen-bond acceptors (Lipinski definition) is 2. The van der Waals surface area contributed by atoms with Crippen molar-refractivity contribution in [1.29, 1.82) is 0 Å². The highest BCUT2D eigenvalue weighted by molar-refractivity contribution is 5.34. The molecule has 0 spiro atoms. The topological polar surface area (TPSA) is 21.3 Å². The van der Waals surface area contributed by atoms with Crippen LogP contribution in [0, 0.1) is 11.3 Å². The summed E-state index contributed by atoms with van der Waals surface area (Å²) in [6, 6.07) is 9.73. The van der Waals surface area contributed by atoms with E-state index >= 15 is 0 Å². The van der Waals surface area contributed by atoms with Gasteiger partial charge in [0.05, 0.1) is 6.61 Å². The van der Waals surface area contributed by atoms with Gasteiger partial charge >= 0.3 is 0 Å². The molecule has 0 radical (unpaired) electrons. The summed E-state index contributed by atoms with van der Waals surface area (Å²) in [4.78, 5) is 0. The lowest BCUT2D eigenvalue weighted by Crippen LogP contribution is -2.47. The fourth-order valence-corrected chi connectivity index (χ4v) is 3.27. The Bertz CT molecular complexity index is 453. The van der Waals surface area contributed by atoms with Crippen molar-refractivity contribution in [1.82, 2.24) is 5.32 Å². The summed E-state index contributed by atoms with van der Waals surface area (Å²) >= 11 is 0. The minimum Gasteiger partial charge on any atom is -0.380 e. The summed E-state index contributed by atoms with van der Waals surface area (Å²) in [5, 5.41) is 3.91. The second-order valence-corrected chi connectivity index (χ2v) is 7.30. The van der Waals surface area contributed by atoms with E-state index in [0.717, 1.165) is 13.2 Å². The normalized spacial score (nSPS) is 22.1. The average molecular weight is 289 g/mol. The predicted molar refractivity (Wildman–Crippen MR) is 89.5 cm³/mol. The van der Waals surface area contributed by atoms with Crippen LogP contribution in [-0.2, 0) is 11.2 Å². The molecule has 0 aromatic heterocycles. The van der Waals surface area contributed by atoms with Crippen molar-refractivity contribution in [2.45, 2.75) is 59.5 Å². The molecule has 0 fully saturated rings. The third-order valence-corrected chi connectivity index (χ3v) is 4.87. The number of benzene rings is 1. The van der Waals surface area contributed by atoms with Crippen LogP contribution in [0.4, 0.5) is 0 Å². The Balaban J connectivity index is 2.22. The monoisotopic (exact) mass is 289 g/mol. The van der Waals surface area contributed by atoms with E-state index in [2.05, 4.69) is 64.2 Å². The number of fused-ring (bicyclic) bond motifs is 1. The molecule has 2 unspecified atom stereocenters. The average Bonchev–Trinajstić information content (AvgIpc) is 2.45. The molecule has 0 aliphatic heterocycles. The molecule has 0 bridgehead atoms. The molecule has 0 saturated carbocycles. The first kappa shape index (κ1) is 16.5. The zero-order valence-corrected chi connectivity index (χ0v) is 14.3. The van der Waals surface area contributed by atoms with E-state index in [9.17, 15) is 0 Å². The van der Waals surface area contributed by atoms with Crippen molar-refractivity contribution in [3.8, 4) is 0 Å². The first-order valence-electron chi connectivity index (χ1n) is 8.37. The van der Waals surface area contributed by atoms with Crippen LogP contribution >= 0.6 is 0 Å². The highest BCUT2D eigenvalue weighted by atomic mass is 16.5. The molecule has 2 heteroatoms. The molecule has 1 aromatic rings. The molecule has 118 valence electrons. The second-order valence-electron chi connectivity index (χ2n) is 7.30. The summed E-state index contributed by atoms with van der Waals surface area (Å²) in [7, 11) is 0. The molecule has 0 saturated heterocycles. The molecule has 1 N–H and O–H groups in total. The Kier molecular flexibility index (Phi) is 5.45. The Labute approximate surface area is 130 Å². The molecule has 0 heterocycles. The van der Waals surface area contributed by atoms with Crippen LogP contribution in [0.25, 0.3) is 0 Å². The molecule has 1 aliphatic rings. The molecular formula is C19H31NO. The van der Waals surface area contributed by atoms with Gasteiger partial charge in [-0.05, 0) is 42.2 Å². The number of aryl methyl sites for hydroxylation is 1. The zero-order valence-electron chi connectivity index (χ0n) is 14.3. The molecule has 0 amide bonds. The standard InChI is InChI=1S/C19H31NO/c1-6-21-13-17(14(2)3)20-18-16-10-8-7-9-15(16)11-12-19(18,4)5/h7-10,14,17-18,20H,6,11-13H2,1-5H3. The van der Waals surface area contributed by atoms with Gasteiger partial charge in [-0.15, -0.1) is 0 Å². The zero-order chi connectivity index (χ0) is 15.5. The van der Waals surface area contributed by atoms with Gasteiger partial charge in [-0.2, -0.15) is 0 Å². The van der Waals surface area contributed by atoms with Crippen molar-refractivity contribution < 1.29 is 4.74 Å². The smallest absolute Gasteiger partial charge is 0.0622 e. The molecule has 1 aromatic carbocycles. The summed E-state index contributed by atoms with van der Waals surface area (Å²) in [5.74, 6) is 0.571. The first-order chi connectivity index (χ1) is 9.95. The van der Waals surface area contributed by atoms with Crippen LogP contribution in [0.3, 0.4) is 0 Å². The number of nitrogens with one attached hydrogen (secondary N) is 1. The van der Waals surface area contributed by atoms with E-state index < -0.39 is 0 Å². The quantitative estimate of drug-likeness (QED) is 0.840. The molecule has 1 aliphatic carbocycles. The largest absolute Gasteiger partial charge is 0.380 e. The van der Waals surface area contributed by atoms with Crippen LogP contribution in [-0.4, -0.2) is 19.3 Å². The fraction of sp³-hybridized carbons (Fsp3) is 0.684. The predicted octanol–water partition coefficient (Wildman–Crippen LogP) is 4.35. The van der Waals surface area contributed by atoms with Gasteiger partial charge in [0, 0.05) is 18.7 Å². The first-order valence-corrected chi connectivity index (χ1v) is 8.37. The van der Waals surface area contributed by atoms with Gasteiger partial charge < -0.3 is 10.1 Å². The Hall–Kier alpha value is -0.860. The molecule has 2 rings (SSSR count). The summed E-state index contributed by atoms with van der Waals surface area (Å²) in [6.07, 6.45) is 2.43. The number of hydrogen-bond donors (Lipinski definition) is 1. The van der Waals surface area contributed by atoms with Gasteiger partial charge in [-0.25, -0.2) is 0 Å². The minimum atomic E-state index is 0.285. The van der Waals surface area contributed by atoms with Crippen molar-refractivity contribution in [3.05, 3.63) is 35.4 Å². The maximum absolute atomic E-state index is 5.69. The summed E-state index contributed by atoms with van der Waals surface area (Å²) in [6.45, 7) is 13.0. The molecular weight excluding hydrogens is 258 g/mol. The number of rotatable bonds is 6. The van der Waals surface area contributed by atoms with Gasteiger partial charge in [-0.3, -0.25) is 0 Å². The lowest BCUT2D eigenvalue weighted by Gasteiger charge is -2.43. The van der Waals surface area contributed by atoms with Crippen LogP contribution in [0.1, 0.15) is 58.2 Å². The van der Waals surface area contributed by atoms with Gasteiger partial charge in [-0.1, -0.05) is 52.0 Å². The maximum Gasteiger partial charge on any atom is 0.0622 e. The highest BCUT2D eigenvalue weighted by Gasteiger charge is 2.37. The Morgan fingerprint density at radius 1 is 1.29 bits per heavy atom. The lowest BCUT2D eigenvalue weighted by atomic mass is 9.70. The Morgan fingerprint density at radius 2 is 2.00 bits per heavy atom. The van der Waals surface area contributed by atoms with E-state index in [-0.39, 0.29) is 5.41 Å². The molecule has 2 atom stereocenters. The number of ether oxygens (including phenoxy) is 1. The van der Waals surface area contributed by atoms with Crippen molar-refractivity contribution in [2.24, 2.45) is 11.3 Å². The van der Waals surface area contributed by atoms with Gasteiger partial charge in [0.15, 0.2) is 0 Å². The van der Waals surface area contributed by atoms with Gasteiger partial charge in [0.2, 0.25) is 0 Å². The fourth-order valence-electron chi connectivity index (χ4n) is 3.27. The highest BCUT2D eigenvalue weighted by Crippen LogP contribution is 2.43. The summed E-state index contributed by atoms with van der Waals surface area (Å²) in [5.41, 5.74) is 3.28. The van der Waals surface area contributed by atoms with E-state index in [1.54, 1.807) is 0 Å². The third-order valence-electron chi connectivity index (χ3n) is 4.87. The van der Waals surface area contributed by atoms with Crippen molar-refractivity contribution >= 4 is 0 Å². The van der Waals surface area contributed by atoms with Gasteiger partial charge in [0.1, 0.15) is 0 Å². The van der Waals surface area contributed by atoms with E-state index in [4.69, 9.17) is 4.74 Å². The van der Waals surface area contributed by atoms with Gasteiger partial charge in [0.25, 0.3) is 0 Å². The van der Waals surface area contributed by atoms with Crippen LogP contribution < -0.4 is 5.32 Å². The molecule has 21 heavy (non-hydrogen) atoms. The third kappa shape index (κ3) is 3.87. The van der Waals surface area contributed by atoms with Crippen LogP contribution in [0.15, 0.2) is 24.3 Å². The van der Waals surface area contributed by atoms with E-state index in [1.165, 1.54) is 24.0 Å². The second kappa shape index (κ2) is 6.93. The van der Waals surface area contributed by atoms with E-state index in [0.29, 0.717) is 18.0 Å². The lowest BCUT2D eigenvalue weighted by molar-refractivity contribution is 0.0863. The van der Waals surface area contributed by atoms with E-state index in [1.807, 2.05) is 0 Å². The summed E-state index contributed by atoms with van der Waals surface area (Å²) < 4.78 is 5.69. The SMILES string of the molecule is CCOCC(NC1c2ccccc2CCC1(C)C)C(C)C. The maximum atomic E-state index is 5.69. The molecule has 2 nitrogen and oxygen atoms in total.